The van der Waals surface area contributed by atoms with E-state index in [9.17, 15) is 9.59 Å². The number of nitrogens with zero attached hydrogens (tertiary/aromatic N) is 3. The summed E-state index contributed by atoms with van der Waals surface area (Å²) in [5, 5.41) is 7.34. The molecule has 2 amide bonds. The Kier molecular flexibility index (Phi) is 11.4. The van der Waals surface area contributed by atoms with Crippen molar-refractivity contribution in [2.75, 3.05) is 39.3 Å². The van der Waals surface area contributed by atoms with E-state index in [1.165, 1.54) is 24.0 Å². The van der Waals surface area contributed by atoms with Gasteiger partial charge in [0.2, 0.25) is 11.8 Å². The fourth-order valence-electron chi connectivity index (χ4n) is 7.45. The standard InChI is InChI=1S/C36H52ClN5O2/c1-25(2)23-42(30-14-18-40(19-15-30)26(3)4)31-16-20-41(24-31)36(44)34(21-27-9-11-29(37)12-10-27)39-35(43)22-33-32-8-6-5-7-28(32)13-17-38-33/h5-12,25-26,30-31,33-34,38H,13-24H2,1-4H3,(H,39,43)/t31-,33-,34+/m0/s1. The van der Waals surface area contributed by atoms with E-state index in [1.807, 2.05) is 35.2 Å². The first-order valence-corrected chi connectivity index (χ1v) is 17.2. The van der Waals surface area contributed by atoms with Gasteiger partial charge in [-0.2, -0.15) is 0 Å². The van der Waals surface area contributed by atoms with Crippen molar-refractivity contribution in [2.24, 2.45) is 5.92 Å². The van der Waals surface area contributed by atoms with Gasteiger partial charge in [0, 0.05) is 61.7 Å². The molecule has 2 N–H and O–H groups in total. The number of halogens is 1. The molecule has 3 atom stereocenters. The maximum absolute atomic E-state index is 14.2. The number of amides is 2. The molecule has 3 heterocycles. The zero-order valence-corrected chi connectivity index (χ0v) is 27.9. The highest BCUT2D eigenvalue weighted by atomic mass is 35.5. The van der Waals surface area contributed by atoms with E-state index in [1.54, 1.807) is 0 Å². The van der Waals surface area contributed by atoms with Crippen LogP contribution in [0.25, 0.3) is 0 Å². The van der Waals surface area contributed by atoms with E-state index in [-0.39, 0.29) is 17.9 Å². The third-order valence-corrected chi connectivity index (χ3v) is 10.1. The summed E-state index contributed by atoms with van der Waals surface area (Å²) in [5.41, 5.74) is 3.46. The Balaban J connectivity index is 1.27. The maximum atomic E-state index is 14.2. The SMILES string of the molecule is CC(C)CN(C1CCN(C(C)C)CC1)[C@H]1CCN(C(=O)[C@@H](Cc2ccc(Cl)cc2)NC(=O)C[C@@H]2NCCc3ccccc32)C1. The predicted molar refractivity (Wildman–Crippen MR) is 179 cm³/mol. The van der Waals surface area contributed by atoms with Gasteiger partial charge >= 0.3 is 0 Å². The molecule has 2 saturated heterocycles. The molecule has 44 heavy (non-hydrogen) atoms. The van der Waals surface area contributed by atoms with Gasteiger partial charge in [0.1, 0.15) is 6.04 Å². The molecule has 7 nitrogen and oxygen atoms in total. The van der Waals surface area contributed by atoms with E-state index in [4.69, 9.17) is 11.6 Å². The molecule has 8 heteroatoms. The van der Waals surface area contributed by atoms with Crippen molar-refractivity contribution in [1.82, 2.24) is 25.3 Å². The summed E-state index contributed by atoms with van der Waals surface area (Å²) in [4.78, 5) is 35.0. The van der Waals surface area contributed by atoms with Crippen molar-refractivity contribution in [3.05, 3.63) is 70.2 Å². The van der Waals surface area contributed by atoms with E-state index < -0.39 is 6.04 Å². The number of carbonyl (C=O) groups excluding carboxylic acids is 2. The van der Waals surface area contributed by atoms with E-state index >= 15 is 0 Å². The zero-order chi connectivity index (χ0) is 31.2. The van der Waals surface area contributed by atoms with Crippen molar-refractivity contribution < 1.29 is 9.59 Å². The van der Waals surface area contributed by atoms with Crippen LogP contribution >= 0.6 is 11.6 Å². The number of nitrogens with one attached hydrogen (secondary N) is 2. The molecular weight excluding hydrogens is 570 g/mol. The lowest BCUT2D eigenvalue weighted by atomic mass is 9.92. The molecular formula is C36H52ClN5O2. The molecule has 0 radical (unpaired) electrons. The van der Waals surface area contributed by atoms with Crippen LogP contribution in [0.15, 0.2) is 48.5 Å². The summed E-state index contributed by atoms with van der Waals surface area (Å²) in [6, 6.07) is 16.8. The molecule has 0 aromatic heterocycles. The first-order valence-electron chi connectivity index (χ1n) is 16.8. The molecule has 0 unspecified atom stereocenters. The molecule has 3 aliphatic rings. The fourth-order valence-corrected chi connectivity index (χ4v) is 7.58. The van der Waals surface area contributed by atoms with Gasteiger partial charge in [-0.3, -0.25) is 14.5 Å². The summed E-state index contributed by atoms with van der Waals surface area (Å²) in [6.07, 6.45) is 5.06. The molecule has 0 aliphatic carbocycles. The van der Waals surface area contributed by atoms with Crippen molar-refractivity contribution in [3.8, 4) is 0 Å². The number of fused-ring (bicyclic) bond motifs is 1. The Hall–Kier alpha value is -2.45. The number of hydrogen-bond donors (Lipinski definition) is 2. The highest BCUT2D eigenvalue weighted by Crippen LogP contribution is 2.28. The van der Waals surface area contributed by atoms with Gasteiger partial charge in [-0.1, -0.05) is 61.8 Å². The second-order valence-corrected chi connectivity index (χ2v) is 14.2. The van der Waals surface area contributed by atoms with Crippen LogP contribution in [-0.4, -0.2) is 89.9 Å². The van der Waals surface area contributed by atoms with Crippen LogP contribution in [0.2, 0.25) is 5.02 Å². The number of rotatable bonds is 11. The topological polar surface area (TPSA) is 67.9 Å². The van der Waals surface area contributed by atoms with Crippen molar-refractivity contribution in [3.63, 3.8) is 0 Å². The summed E-state index contributed by atoms with van der Waals surface area (Å²) in [6.45, 7) is 14.8. The largest absolute Gasteiger partial charge is 0.344 e. The molecule has 3 aliphatic heterocycles. The second-order valence-electron chi connectivity index (χ2n) is 13.8. The van der Waals surface area contributed by atoms with Crippen LogP contribution in [-0.2, 0) is 22.4 Å². The highest BCUT2D eigenvalue weighted by Gasteiger charge is 2.38. The Morgan fingerprint density at radius 2 is 1.68 bits per heavy atom. The van der Waals surface area contributed by atoms with Crippen molar-refractivity contribution in [2.45, 2.75) is 96.4 Å². The summed E-state index contributed by atoms with van der Waals surface area (Å²) >= 11 is 6.16. The molecule has 5 rings (SSSR count). The number of hydrogen-bond acceptors (Lipinski definition) is 5. The minimum atomic E-state index is -0.617. The Bertz CT molecular complexity index is 1240. The first-order chi connectivity index (χ1) is 21.2. The minimum Gasteiger partial charge on any atom is -0.344 e. The minimum absolute atomic E-state index is 0.0203. The molecule has 0 bridgehead atoms. The summed E-state index contributed by atoms with van der Waals surface area (Å²) < 4.78 is 0. The molecule has 240 valence electrons. The van der Waals surface area contributed by atoms with Gasteiger partial charge in [-0.25, -0.2) is 0 Å². The van der Waals surface area contributed by atoms with E-state index in [0.29, 0.717) is 41.9 Å². The predicted octanol–water partition coefficient (Wildman–Crippen LogP) is 5.08. The Morgan fingerprint density at radius 1 is 0.977 bits per heavy atom. The third-order valence-electron chi connectivity index (χ3n) is 9.81. The fraction of sp³-hybridized carbons (Fsp3) is 0.611. The average Bonchev–Trinajstić information content (AvgIpc) is 3.50. The number of carbonyl (C=O) groups is 2. The van der Waals surface area contributed by atoms with Gasteiger partial charge in [-0.05, 0) is 93.9 Å². The second kappa shape index (κ2) is 15.2. The lowest BCUT2D eigenvalue weighted by molar-refractivity contribution is -0.136. The normalized spacial score (nSPS) is 22.0. The van der Waals surface area contributed by atoms with Crippen molar-refractivity contribution in [1.29, 1.82) is 0 Å². The first kappa shape index (κ1) is 32.9. The van der Waals surface area contributed by atoms with Crippen LogP contribution in [0.4, 0.5) is 0 Å². The van der Waals surface area contributed by atoms with Crippen molar-refractivity contribution >= 4 is 23.4 Å². The Morgan fingerprint density at radius 3 is 2.39 bits per heavy atom. The quantitative estimate of drug-likeness (QED) is 0.367. The van der Waals surface area contributed by atoms with Gasteiger partial charge < -0.3 is 20.4 Å². The summed E-state index contributed by atoms with van der Waals surface area (Å²) in [7, 11) is 0. The van der Waals surface area contributed by atoms with Crippen LogP contribution in [0.3, 0.4) is 0 Å². The lowest BCUT2D eigenvalue weighted by Crippen LogP contribution is -2.53. The number of likely N-dealkylation sites (tertiary alicyclic amines) is 2. The Labute approximate surface area is 269 Å². The molecule has 0 saturated carbocycles. The maximum Gasteiger partial charge on any atom is 0.245 e. The number of benzene rings is 2. The number of piperidine rings is 1. The molecule has 0 spiro atoms. The third kappa shape index (κ3) is 8.42. The highest BCUT2D eigenvalue weighted by molar-refractivity contribution is 6.30. The lowest BCUT2D eigenvalue weighted by Gasteiger charge is -2.43. The molecule has 2 fully saturated rings. The van der Waals surface area contributed by atoms with Gasteiger partial charge in [0.15, 0.2) is 0 Å². The smallest absolute Gasteiger partial charge is 0.245 e. The van der Waals surface area contributed by atoms with Crippen LogP contribution in [0.5, 0.6) is 0 Å². The monoisotopic (exact) mass is 621 g/mol. The van der Waals surface area contributed by atoms with Crippen LogP contribution in [0, 0.1) is 5.92 Å². The average molecular weight is 622 g/mol. The van der Waals surface area contributed by atoms with Crippen LogP contribution < -0.4 is 10.6 Å². The van der Waals surface area contributed by atoms with Gasteiger partial charge in [-0.15, -0.1) is 0 Å². The van der Waals surface area contributed by atoms with Crippen LogP contribution in [0.1, 0.15) is 76.1 Å². The van der Waals surface area contributed by atoms with E-state index in [0.717, 1.165) is 57.7 Å². The van der Waals surface area contributed by atoms with Gasteiger partial charge in [0.05, 0.1) is 0 Å². The van der Waals surface area contributed by atoms with Gasteiger partial charge in [0.25, 0.3) is 0 Å². The molecule has 2 aromatic rings. The van der Waals surface area contributed by atoms with E-state index in [2.05, 4.69) is 66.3 Å². The zero-order valence-electron chi connectivity index (χ0n) is 27.1. The summed E-state index contributed by atoms with van der Waals surface area (Å²) in [5.74, 6) is 0.492. The molecule has 2 aromatic carbocycles.